The van der Waals surface area contributed by atoms with Crippen molar-refractivity contribution >= 4 is 11.6 Å². The predicted molar refractivity (Wildman–Crippen MR) is 125 cm³/mol. The first-order valence-corrected chi connectivity index (χ1v) is 11.5. The Morgan fingerprint density at radius 3 is 2.62 bits per heavy atom. The van der Waals surface area contributed by atoms with Crippen molar-refractivity contribution in [3.63, 3.8) is 0 Å². The largest absolute Gasteiger partial charge is 0.497 e. The number of aryl methyl sites for hydroxylation is 1. The molecule has 0 radical (unpaired) electrons. The number of carbonyl (C=O) groups is 1. The van der Waals surface area contributed by atoms with Gasteiger partial charge < -0.3 is 19.9 Å². The Kier molecular flexibility index (Phi) is 6.72. The van der Waals surface area contributed by atoms with Gasteiger partial charge in [-0.1, -0.05) is 36.6 Å². The number of ether oxygens (including phenoxy) is 2. The smallest absolute Gasteiger partial charge is 0.238 e. The van der Waals surface area contributed by atoms with E-state index >= 15 is 0 Å². The number of carbonyl (C=O) groups excluding carboxylic acids is 1. The molecule has 1 saturated heterocycles. The highest BCUT2D eigenvalue weighted by atomic mass is 16.5. The summed E-state index contributed by atoms with van der Waals surface area (Å²) in [6.07, 6.45) is 4.58. The van der Waals surface area contributed by atoms with Crippen LogP contribution in [0.15, 0.2) is 42.5 Å². The number of anilines is 1. The Balaban J connectivity index is 1.63. The van der Waals surface area contributed by atoms with Crippen LogP contribution in [0.1, 0.15) is 49.3 Å². The SMILES string of the molecule is COc1ccc([C@@H]2[C@@H]3CCCC[C@@]3(O)CCN2CC(=O)Nc2ccc(C)cc2)c(OC)c1. The third kappa shape index (κ3) is 4.62. The van der Waals surface area contributed by atoms with Gasteiger partial charge in [-0.05, 0) is 44.4 Å². The second-order valence-corrected chi connectivity index (χ2v) is 9.14. The summed E-state index contributed by atoms with van der Waals surface area (Å²) in [5, 5.41) is 14.5. The van der Waals surface area contributed by atoms with Gasteiger partial charge in [-0.2, -0.15) is 0 Å². The zero-order valence-electron chi connectivity index (χ0n) is 19.3. The lowest BCUT2D eigenvalue weighted by Gasteiger charge is -2.52. The fourth-order valence-electron chi connectivity index (χ4n) is 5.42. The number of aliphatic hydroxyl groups is 1. The minimum atomic E-state index is -0.697. The third-order valence-corrected chi connectivity index (χ3v) is 7.11. The van der Waals surface area contributed by atoms with Crippen molar-refractivity contribution in [2.75, 3.05) is 32.6 Å². The maximum absolute atomic E-state index is 13.0. The molecular weight excluding hydrogens is 404 g/mol. The molecule has 1 aliphatic carbocycles. The Labute approximate surface area is 190 Å². The zero-order valence-corrected chi connectivity index (χ0v) is 19.3. The molecule has 172 valence electrons. The summed E-state index contributed by atoms with van der Waals surface area (Å²) in [6.45, 7) is 2.95. The molecule has 1 heterocycles. The molecule has 0 unspecified atom stereocenters. The molecule has 0 bridgehead atoms. The van der Waals surface area contributed by atoms with Gasteiger partial charge in [-0.3, -0.25) is 9.69 Å². The van der Waals surface area contributed by atoms with Crippen LogP contribution in [0.4, 0.5) is 5.69 Å². The van der Waals surface area contributed by atoms with Crippen LogP contribution in [0.3, 0.4) is 0 Å². The van der Waals surface area contributed by atoms with Gasteiger partial charge >= 0.3 is 0 Å². The Bertz CT molecular complexity index is 945. The lowest BCUT2D eigenvalue weighted by molar-refractivity contribution is -0.135. The summed E-state index contributed by atoms with van der Waals surface area (Å²) in [5.74, 6) is 1.46. The number of hydrogen-bond donors (Lipinski definition) is 2. The van der Waals surface area contributed by atoms with Crippen molar-refractivity contribution in [1.82, 2.24) is 4.90 Å². The number of fused-ring (bicyclic) bond motifs is 1. The van der Waals surface area contributed by atoms with E-state index in [1.54, 1.807) is 14.2 Å². The van der Waals surface area contributed by atoms with Gasteiger partial charge in [-0.25, -0.2) is 0 Å². The number of nitrogens with zero attached hydrogens (tertiary/aromatic N) is 1. The molecule has 1 aliphatic heterocycles. The molecular formula is C26H34N2O4. The van der Waals surface area contributed by atoms with Gasteiger partial charge in [0.15, 0.2) is 0 Å². The number of hydrogen-bond acceptors (Lipinski definition) is 5. The summed E-state index contributed by atoms with van der Waals surface area (Å²) in [4.78, 5) is 15.2. The predicted octanol–water partition coefficient (Wildman–Crippen LogP) is 4.32. The molecule has 1 saturated carbocycles. The summed E-state index contributed by atoms with van der Waals surface area (Å²) in [7, 11) is 3.29. The van der Waals surface area contributed by atoms with Crippen molar-refractivity contribution < 1.29 is 19.4 Å². The van der Waals surface area contributed by atoms with E-state index in [0.717, 1.165) is 54.0 Å². The van der Waals surface area contributed by atoms with Crippen LogP contribution in [0.5, 0.6) is 11.5 Å². The van der Waals surface area contributed by atoms with E-state index in [9.17, 15) is 9.90 Å². The third-order valence-electron chi connectivity index (χ3n) is 7.11. The highest BCUT2D eigenvalue weighted by Gasteiger charge is 2.49. The average Bonchev–Trinajstić information content (AvgIpc) is 2.80. The van der Waals surface area contributed by atoms with E-state index < -0.39 is 5.60 Å². The first-order valence-electron chi connectivity index (χ1n) is 11.5. The van der Waals surface area contributed by atoms with E-state index in [1.165, 1.54) is 0 Å². The van der Waals surface area contributed by atoms with Crippen LogP contribution in [0.2, 0.25) is 0 Å². The molecule has 2 N–H and O–H groups in total. The lowest BCUT2D eigenvalue weighted by Crippen LogP contribution is -2.56. The molecule has 4 rings (SSSR count). The van der Waals surface area contributed by atoms with Crippen molar-refractivity contribution in [2.24, 2.45) is 5.92 Å². The number of methoxy groups -OCH3 is 2. The standard InChI is InChI=1S/C26H34N2O4/c1-18-7-9-19(10-8-18)27-24(29)17-28-15-14-26(30)13-5-4-6-22(26)25(28)21-12-11-20(31-2)16-23(21)32-3/h7-12,16,22,25,30H,4-6,13-15,17H2,1-3H3,(H,27,29)/t22-,25+,26+/m0/s1. The van der Waals surface area contributed by atoms with Crippen LogP contribution in [0.25, 0.3) is 0 Å². The molecule has 2 aromatic carbocycles. The van der Waals surface area contributed by atoms with Crippen LogP contribution in [-0.4, -0.2) is 48.8 Å². The Morgan fingerprint density at radius 2 is 1.91 bits per heavy atom. The second kappa shape index (κ2) is 9.51. The number of benzene rings is 2. The van der Waals surface area contributed by atoms with Crippen molar-refractivity contribution in [1.29, 1.82) is 0 Å². The first-order chi connectivity index (χ1) is 15.4. The monoisotopic (exact) mass is 438 g/mol. The minimum absolute atomic E-state index is 0.0485. The fourth-order valence-corrected chi connectivity index (χ4v) is 5.42. The molecule has 0 aromatic heterocycles. The molecule has 2 fully saturated rings. The minimum Gasteiger partial charge on any atom is -0.497 e. The van der Waals surface area contributed by atoms with Crippen LogP contribution < -0.4 is 14.8 Å². The molecule has 3 atom stereocenters. The van der Waals surface area contributed by atoms with Gasteiger partial charge in [0.1, 0.15) is 11.5 Å². The van der Waals surface area contributed by atoms with E-state index in [-0.39, 0.29) is 24.4 Å². The molecule has 2 aliphatic rings. The molecule has 0 spiro atoms. The van der Waals surface area contributed by atoms with Crippen LogP contribution in [-0.2, 0) is 4.79 Å². The Hall–Kier alpha value is -2.57. The molecule has 6 nitrogen and oxygen atoms in total. The highest BCUT2D eigenvalue weighted by molar-refractivity contribution is 5.92. The zero-order chi connectivity index (χ0) is 22.7. The molecule has 2 aromatic rings. The van der Waals surface area contributed by atoms with E-state index in [1.807, 2.05) is 49.4 Å². The van der Waals surface area contributed by atoms with Crippen molar-refractivity contribution in [3.05, 3.63) is 53.6 Å². The molecule has 1 amide bonds. The average molecular weight is 439 g/mol. The van der Waals surface area contributed by atoms with Crippen LogP contribution >= 0.6 is 0 Å². The first kappa shape index (κ1) is 22.6. The highest BCUT2D eigenvalue weighted by Crippen LogP contribution is 2.51. The quantitative estimate of drug-likeness (QED) is 0.703. The van der Waals surface area contributed by atoms with Gasteiger partial charge in [0, 0.05) is 35.8 Å². The van der Waals surface area contributed by atoms with Gasteiger partial charge in [-0.15, -0.1) is 0 Å². The summed E-state index contributed by atoms with van der Waals surface area (Å²) < 4.78 is 11.1. The number of nitrogens with one attached hydrogen (secondary N) is 1. The van der Waals surface area contributed by atoms with Crippen molar-refractivity contribution in [2.45, 2.75) is 50.7 Å². The topological polar surface area (TPSA) is 71.0 Å². The maximum Gasteiger partial charge on any atom is 0.238 e. The van der Waals surface area contributed by atoms with Gasteiger partial charge in [0.2, 0.25) is 5.91 Å². The second-order valence-electron chi connectivity index (χ2n) is 9.14. The number of amides is 1. The lowest BCUT2D eigenvalue weighted by atomic mass is 9.66. The number of likely N-dealkylation sites (tertiary alicyclic amines) is 1. The van der Waals surface area contributed by atoms with Gasteiger partial charge in [0.05, 0.1) is 26.4 Å². The van der Waals surface area contributed by atoms with E-state index in [2.05, 4.69) is 10.2 Å². The van der Waals surface area contributed by atoms with Crippen molar-refractivity contribution in [3.8, 4) is 11.5 Å². The number of rotatable bonds is 6. The Morgan fingerprint density at radius 1 is 1.12 bits per heavy atom. The number of piperidine rings is 1. The summed E-state index contributed by atoms with van der Waals surface area (Å²) in [5.41, 5.74) is 2.26. The molecule has 32 heavy (non-hydrogen) atoms. The van der Waals surface area contributed by atoms with E-state index in [0.29, 0.717) is 13.0 Å². The normalized spacial score (nSPS) is 25.6. The summed E-state index contributed by atoms with van der Waals surface area (Å²) >= 11 is 0. The fraction of sp³-hybridized carbons (Fsp3) is 0.500. The van der Waals surface area contributed by atoms with Gasteiger partial charge in [0.25, 0.3) is 0 Å². The maximum atomic E-state index is 13.0. The summed E-state index contributed by atoms with van der Waals surface area (Å²) in [6, 6.07) is 13.6. The van der Waals surface area contributed by atoms with Crippen LogP contribution in [0, 0.1) is 12.8 Å². The van der Waals surface area contributed by atoms with E-state index in [4.69, 9.17) is 9.47 Å². The molecule has 6 heteroatoms.